The molecule has 2 aliphatic carbocycles. The summed E-state index contributed by atoms with van der Waals surface area (Å²) < 4.78 is 5.79. The molecule has 1 N–H and O–H groups in total. The van der Waals surface area contributed by atoms with E-state index in [1.165, 1.54) is 26.0 Å². The fraction of sp³-hybridized carbons (Fsp3) is 0.419. The van der Waals surface area contributed by atoms with Crippen LogP contribution in [0.15, 0.2) is 48.0 Å². The number of hydrogen-bond acceptors (Lipinski definition) is 11. The van der Waals surface area contributed by atoms with Gasteiger partial charge in [-0.1, -0.05) is 29.8 Å². The number of nitro groups is 2. The van der Waals surface area contributed by atoms with E-state index in [1.54, 1.807) is 30.3 Å². The Balaban J connectivity index is 1.51. The Morgan fingerprint density at radius 2 is 1.62 bits per heavy atom. The van der Waals surface area contributed by atoms with Crippen LogP contribution >= 0.6 is 23.2 Å². The van der Waals surface area contributed by atoms with Crippen molar-refractivity contribution in [2.75, 3.05) is 44.2 Å². The number of aliphatic hydroxyl groups is 1. The number of nitrogens with zero attached hydrogens (tertiary/aromatic N) is 5. The van der Waals surface area contributed by atoms with Gasteiger partial charge in [0.05, 0.1) is 34.0 Å². The standard InChI is InChI=1S/C31H29Cl2N5O10/c1-34(2)25-20(37(44)45)12-15(13-21(25)38(46)47)36-26(40)18-9-8-16-19(23(18)27(36)41)14-30(32)28(42)35(3)29(43)31(30,33)24(16)17-6-4-5-7-22(17)48-11-10-39/h4-8,12-13,18-19,23-24,39H,9-11,14H2,1-3H3/t18-,19+,23-,24+,30+,31-/m0/s1. The van der Waals surface area contributed by atoms with Crippen LogP contribution in [0, 0.1) is 38.0 Å². The molecule has 6 atom stereocenters. The van der Waals surface area contributed by atoms with E-state index in [2.05, 4.69) is 0 Å². The molecular weight excluding hydrogens is 673 g/mol. The quantitative estimate of drug-likeness (QED) is 0.140. The molecule has 2 heterocycles. The molecule has 3 fully saturated rings. The lowest BCUT2D eigenvalue weighted by Gasteiger charge is -2.51. The molecule has 0 radical (unpaired) electrons. The van der Waals surface area contributed by atoms with Gasteiger partial charge in [0.15, 0.2) is 15.4 Å². The zero-order valence-corrected chi connectivity index (χ0v) is 27.3. The normalized spacial score (nSPS) is 29.3. The number of fused-ring (bicyclic) bond motifs is 4. The maximum absolute atomic E-state index is 14.4. The molecule has 0 aromatic heterocycles. The Kier molecular flexibility index (Phi) is 8.00. The van der Waals surface area contributed by atoms with Crippen molar-refractivity contribution in [1.82, 2.24) is 4.90 Å². The monoisotopic (exact) mass is 701 g/mol. The molecule has 2 aromatic carbocycles. The van der Waals surface area contributed by atoms with Gasteiger partial charge in [-0.15, -0.1) is 23.2 Å². The van der Waals surface area contributed by atoms with Crippen LogP contribution in [0.2, 0.25) is 0 Å². The second-order valence-corrected chi connectivity index (χ2v) is 13.6. The lowest BCUT2D eigenvalue weighted by molar-refractivity contribution is -0.392. The van der Waals surface area contributed by atoms with Crippen LogP contribution in [0.3, 0.4) is 0 Å². The molecule has 48 heavy (non-hydrogen) atoms. The molecule has 0 bridgehead atoms. The Morgan fingerprint density at radius 1 is 1.00 bits per heavy atom. The van der Waals surface area contributed by atoms with Crippen LogP contribution in [-0.4, -0.2) is 87.6 Å². The van der Waals surface area contributed by atoms with Gasteiger partial charge in [-0.25, -0.2) is 4.90 Å². The maximum Gasteiger partial charge on any atom is 0.301 e. The highest BCUT2D eigenvalue weighted by atomic mass is 35.5. The van der Waals surface area contributed by atoms with Crippen molar-refractivity contribution in [2.45, 2.75) is 28.5 Å². The number of amides is 4. The number of likely N-dealkylation sites (tertiary alicyclic amines) is 1. The summed E-state index contributed by atoms with van der Waals surface area (Å²) in [6.07, 6.45) is 1.39. The molecule has 1 saturated carbocycles. The third kappa shape index (κ3) is 4.44. The highest BCUT2D eigenvalue weighted by molar-refractivity contribution is 6.53. The lowest BCUT2D eigenvalue weighted by Crippen LogP contribution is -2.60. The van der Waals surface area contributed by atoms with Crippen LogP contribution in [-0.2, 0) is 19.2 Å². The number of anilines is 2. The average Bonchev–Trinajstić information content (AvgIpc) is 3.37. The third-order valence-corrected chi connectivity index (χ3v) is 11.2. The Labute approximate surface area is 282 Å². The molecule has 0 unspecified atom stereocenters. The van der Waals surface area contributed by atoms with Crippen molar-refractivity contribution in [2.24, 2.45) is 17.8 Å². The van der Waals surface area contributed by atoms with Crippen molar-refractivity contribution in [3.63, 3.8) is 0 Å². The van der Waals surface area contributed by atoms with Gasteiger partial charge in [-0.05, 0) is 24.8 Å². The first kappa shape index (κ1) is 33.3. The number of aliphatic hydroxyl groups excluding tert-OH is 1. The third-order valence-electron chi connectivity index (χ3n) is 9.75. The fourth-order valence-electron chi connectivity index (χ4n) is 7.81. The molecule has 6 rings (SSSR count). The topological polar surface area (TPSA) is 194 Å². The summed E-state index contributed by atoms with van der Waals surface area (Å²) in [5.41, 5.74) is -1.18. The van der Waals surface area contributed by atoms with Crippen LogP contribution in [0.25, 0.3) is 0 Å². The summed E-state index contributed by atoms with van der Waals surface area (Å²) >= 11 is 14.4. The van der Waals surface area contributed by atoms with Crippen molar-refractivity contribution in [3.05, 3.63) is 73.8 Å². The van der Waals surface area contributed by atoms with Crippen LogP contribution in [0.4, 0.5) is 22.7 Å². The number of carbonyl (C=O) groups excluding carboxylic acids is 4. The number of allylic oxidation sites excluding steroid dienone is 2. The van der Waals surface area contributed by atoms with Crippen molar-refractivity contribution >= 4 is 69.6 Å². The first-order valence-corrected chi connectivity index (χ1v) is 15.6. The Morgan fingerprint density at radius 3 is 2.21 bits per heavy atom. The van der Waals surface area contributed by atoms with Gasteiger partial charge in [-0.3, -0.25) is 44.3 Å². The van der Waals surface area contributed by atoms with E-state index in [1.807, 2.05) is 0 Å². The number of benzene rings is 2. The van der Waals surface area contributed by atoms with E-state index in [4.69, 9.17) is 27.9 Å². The van der Waals surface area contributed by atoms with Gasteiger partial charge >= 0.3 is 11.4 Å². The van der Waals surface area contributed by atoms with Gasteiger partial charge in [-0.2, -0.15) is 0 Å². The van der Waals surface area contributed by atoms with Crippen LogP contribution in [0.5, 0.6) is 5.75 Å². The molecule has 252 valence electrons. The van der Waals surface area contributed by atoms with E-state index < -0.39 is 78.3 Å². The predicted molar refractivity (Wildman–Crippen MR) is 171 cm³/mol. The number of hydrogen-bond donors (Lipinski definition) is 1. The lowest BCUT2D eigenvalue weighted by atomic mass is 9.56. The zero-order chi connectivity index (χ0) is 35.0. The first-order chi connectivity index (χ1) is 22.6. The molecule has 2 aromatic rings. The Bertz CT molecular complexity index is 1820. The molecule has 15 nitrogen and oxygen atoms in total. The van der Waals surface area contributed by atoms with E-state index >= 15 is 0 Å². The number of nitro benzene ring substituents is 2. The summed E-state index contributed by atoms with van der Waals surface area (Å²) in [6.45, 7) is -0.421. The van der Waals surface area contributed by atoms with Crippen LogP contribution in [0.1, 0.15) is 24.3 Å². The largest absolute Gasteiger partial charge is 0.491 e. The van der Waals surface area contributed by atoms with Crippen molar-refractivity contribution < 1.29 is 38.9 Å². The van der Waals surface area contributed by atoms with Gasteiger partial charge in [0.2, 0.25) is 11.8 Å². The number of para-hydroxylation sites is 1. The number of carbonyl (C=O) groups is 4. The maximum atomic E-state index is 14.4. The minimum atomic E-state index is -2.07. The predicted octanol–water partition coefficient (Wildman–Crippen LogP) is 3.13. The average molecular weight is 703 g/mol. The first-order valence-electron chi connectivity index (χ1n) is 14.9. The summed E-state index contributed by atoms with van der Waals surface area (Å²) in [7, 11) is 4.04. The summed E-state index contributed by atoms with van der Waals surface area (Å²) in [4.78, 5) is 76.9. The molecule has 2 saturated heterocycles. The van der Waals surface area contributed by atoms with Crippen molar-refractivity contribution in [3.8, 4) is 5.75 Å². The number of halogens is 2. The molecule has 0 spiro atoms. The van der Waals surface area contributed by atoms with Gasteiger partial charge in [0, 0.05) is 44.8 Å². The fourth-order valence-corrected chi connectivity index (χ4v) is 8.82. The molecule has 17 heteroatoms. The van der Waals surface area contributed by atoms with E-state index in [0.29, 0.717) is 11.1 Å². The van der Waals surface area contributed by atoms with Crippen molar-refractivity contribution in [1.29, 1.82) is 0 Å². The second-order valence-electron chi connectivity index (χ2n) is 12.4. The second kappa shape index (κ2) is 11.5. The van der Waals surface area contributed by atoms with E-state index in [0.717, 1.165) is 21.9 Å². The highest BCUT2D eigenvalue weighted by Crippen LogP contribution is 2.66. The SMILES string of the molecule is CN1C(=O)[C@]2(Cl)C[C@@H]3C(=CC[C@@H]4C(=O)N(c5cc([N+](=O)[O-])c(N(C)C)c([N+](=O)[O-])c5)C(=O)[C@@H]43)[C@H](c3ccccc3OCCO)[C@]2(Cl)C1=O. The van der Waals surface area contributed by atoms with E-state index in [9.17, 15) is 44.5 Å². The molecular formula is C31H29Cl2N5O10. The molecule has 2 aliphatic heterocycles. The summed E-state index contributed by atoms with van der Waals surface area (Å²) in [5.74, 6) is -7.02. The number of rotatable bonds is 8. The number of alkyl halides is 2. The summed E-state index contributed by atoms with van der Waals surface area (Å²) in [6, 6.07) is 8.47. The minimum Gasteiger partial charge on any atom is -0.491 e. The Hall–Kier alpha value is -4.60. The van der Waals surface area contributed by atoms with Crippen LogP contribution < -0.4 is 14.5 Å². The van der Waals surface area contributed by atoms with Gasteiger partial charge < -0.3 is 14.7 Å². The zero-order valence-electron chi connectivity index (χ0n) is 25.8. The van der Waals surface area contributed by atoms with Gasteiger partial charge in [0.25, 0.3) is 11.8 Å². The number of ether oxygens (including phenoxy) is 1. The minimum absolute atomic E-state index is 0.00602. The molecule has 4 aliphatic rings. The smallest absolute Gasteiger partial charge is 0.301 e. The molecule has 4 amide bonds. The highest BCUT2D eigenvalue weighted by Gasteiger charge is 2.76. The van der Waals surface area contributed by atoms with Gasteiger partial charge in [0.1, 0.15) is 12.4 Å². The number of imide groups is 2. The van der Waals surface area contributed by atoms with E-state index in [-0.39, 0.29) is 43.2 Å². The summed E-state index contributed by atoms with van der Waals surface area (Å²) in [5, 5.41) is 33.5.